The molecule has 0 bridgehead atoms. The first-order valence-corrected chi connectivity index (χ1v) is 6.95. The number of hydrogen-bond acceptors (Lipinski definition) is 3. The fourth-order valence-electron chi connectivity index (χ4n) is 2.15. The van der Waals surface area contributed by atoms with Gasteiger partial charge in [-0.05, 0) is 18.2 Å². The summed E-state index contributed by atoms with van der Waals surface area (Å²) < 4.78 is 0. The predicted molar refractivity (Wildman–Crippen MR) is 75.9 cm³/mol. The van der Waals surface area contributed by atoms with E-state index >= 15 is 0 Å². The van der Waals surface area contributed by atoms with E-state index in [1.807, 2.05) is 0 Å². The van der Waals surface area contributed by atoms with Crippen LogP contribution in [0.2, 0.25) is 10.0 Å². The van der Waals surface area contributed by atoms with E-state index in [-0.39, 0.29) is 12.5 Å². The van der Waals surface area contributed by atoms with Gasteiger partial charge in [0.05, 0.1) is 17.2 Å². The molecular weight excluding hydrogens is 287 g/mol. The van der Waals surface area contributed by atoms with Crippen molar-refractivity contribution >= 4 is 29.1 Å². The Morgan fingerprint density at radius 1 is 1.21 bits per heavy atom. The van der Waals surface area contributed by atoms with Crippen LogP contribution in [0.1, 0.15) is 10.4 Å². The van der Waals surface area contributed by atoms with Crippen LogP contribution < -0.4 is 0 Å². The summed E-state index contributed by atoms with van der Waals surface area (Å²) in [6.45, 7) is 3.62. The zero-order valence-corrected chi connectivity index (χ0v) is 12.0. The number of carbonyl (C=O) groups excluding carboxylic acids is 1. The van der Waals surface area contributed by atoms with E-state index in [0.717, 1.165) is 13.1 Å². The number of rotatable bonds is 3. The fourth-order valence-corrected chi connectivity index (χ4v) is 2.52. The van der Waals surface area contributed by atoms with E-state index in [9.17, 15) is 4.79 Å². The van der Waals surface area contributed by atoms with E-state index in [4.69, 9.17) is 28.3 Å². The third-order valence-corrected chi connectivity index (χ3v) is 3.80. The molecule has 104 valence electrons. The number of aliphatic hydroxyl groups excluding tert-OH is 1. The third-order valence-electron chi connectivity index (χ3n) is 3.23. The molecule has 0 atom stereocenters. The smallest absolute Gasteiger partial charge is 0.255 e. The standard InChI is InChI=1S/C13H16Cl2N2O2/c14-10-1-2-12(15)11(9-10)13(19)17-5-3-16(4-6-17)7-8-18/h1-2,9,18H,3-8H2. The van der Waals surface area contributed by atoms with E-state index in [2.05, 4.69) is 4.90 Å². The van der Waals surface area contributed by atoms with Gasteiger partial charge >= 0.3 is 0 Å². The maximum Gasteiger partial charge on any atom is 0.255 e. The van der Waals surface area contributed by atoms with Crippen LogP contribution in [0.4, 0.5) is 0 Å². The molecule has 0 aromatic heterocycles. The lowest BCUT2D eigenvalue weighted by atomic mass is 10.2. The van der Waals surface area contributed by atoms with Crippen molar-refractivity contribution in [2.24, 2.45) is 0 Å². The SMILES string of the molecule is O=C(c1cc(Cl)ccc1Cl)N1CCN(CCO)CC1. The van der Waals surface area contributed by atoms with Crippen molar-refractivity contribution in [1.82, 2.24) is 9.80 Å². The average molecular weight is 303 g/mol. The molecule has 6 heteroatoms. The predicted octanol–water partition coefficient (Wildman–Crippen LogP) is 1.74. The molecule has 1 N–H and O–H groups in total. The first-order valence-electron chi connectivity index (χ1n) is 6.19. The molecule has 0 aliphatic carbocycles. The second kappa shape index (κ2) is 6.57. The van der Waals surface area contributed by atoms with Gasteiger partial charge in [-0.15, -0.1) is 0 Å². The van der Waals surface area contributed by atoms with Crippen LogP contribution in [0, 0.1) is 0 Å². The van der Waals surface area contributed by atoms with Gasteiger partial charge in [-0.25, -0.2) is 0 Å². The highest BCUT2D eigenvalue weighted by atomic mass is 35.5. The summed E-state index contributed by atoms with van der Waals surface area (Å²) >= 11 is 11.9. The maximum atomic E-state index is 12.4. The Hall–Kier alpha value is -0.810. The second-order valence-corrected chi connectivity index (χ2v) is 5.33. The van der Waals surface area contributed by atoms with E-state index in [1.54, 1.807) is 23.1 Å². The van der Waals surface area contributed by atoms with Gasteiger partial charge in [-0.1, -0.05) is 23.2 Å². The van der Waals surface area contributed by atoms with Crippen LogP contribution in [0.3, 0.4) is 0 Å². The Morgan fingerprint density at radius 3 is 2.53 bits per heavy atom. The molecule has 1 aromatic rings. The van der Waals surface area contributed by atoms with Crippen LogP contribution in [0.5, 0.6) is 0 Å². The van der Waals surface area contributed by atoms with E-state index < -0.39 is 0 Å². The van der Waals surface area contributed by atoms with Gasteiger partial charge in [0.2, 0.25) is 0 Å². The first-order chi connectivity index (χ1) is 9.11. The van der Waals surface area contributed by atoms with Crippen LogP contribution >= 0.6 is 23.2 Å². The highest BCUT2D eigenvalue weighted by molar-refractivity contribution is 6.35. The number of halogens is 2. The molecule has 0 saturated carbocycles. The van der Waals surface area contributed by atoms with E-state index in [0.29, 0.717) is 35.2 Å². The Bertz CT molecular complexity index is 460. The van der Waals surface area contributed by atoms with Gasteiger partial charge in [0.15, 0.2) is 0 Å². The Labute approximate surface area is 122 Å². The van der Waals surface area contributed by atoms with Crippen molar-refractivity contribution in [3.05, 3.63) is 33.8 Å². The normalized spacial score (nSPS) is 16.7. The number of nitrogens with zero attached hydrogens (tertiary/aromatic N) is 2. The molecule has 2 rings (SSSR count). The first kappa shape index (κ1) is 14.6. The van der Waals surface area contributed by atoms with Gasteiger partial charge in [-0.3, -0.25) is 9.69 Å². The molecule has 1 saturated heterocycles. The summed E-state index contributed by atoms with van der Waals surface area (Å²) in [5.74, 6) is -0.0869. The lowest BCUT2D eigenvalue weighted by Gasteiger charge is -2.34. The monoisotopic (exact) mass is 302 g/mol. The minimum atomic E-state index is -0.0869. The molecular formula is C13H16Cl2N2O2. The largest absolute Gasteiger partial charge is 0.395 e. The number of aliphatic hydroxyl groups is 1. The minimum Gasteiger partial charge on any atom is -0.395 e. The topological polar surface area (TPSA) is 43.8 Å². The minimum absolute atomic E-state index is 0.0869. The molecule has 1 fully saturated rings. The molecule has 4 nitrogen and oxygen atoms in total. The summed E-state index contributed by atoms with van der Waals surface area (Å²) in [4.78, 5) is 16.2. The van der Waals surface area contributed by atoms with Crippen LogP contribution in [-0.4, -0.2) is 60.1 Å². The second-order valence-electron chi connectivity index (χ2n) is 4.48. The van der Waals surface area contributed by atoms with Gasteiger partial charge in [0.1, 0.15) is 0 Å². The molecule has 1 heterocycles. The number of amides is 1. The molecule has 1 amide bonds. The van der Waals surface area contributed by atoms with Crippen LogP contribution in [0.25, 0.3) is 0 Å². The summed E-state index contributed by atoms with van der Waals surface area (Å²) in [5, 5.41) is 9.81. The van der Waals surface area contributed by atoms with Crippen molar-refractivity contribution in [1.29, 1.82) is 0 Å². The van der Waals surface area contributed by atoms with Gasteiger partial charge < -0.3 is 10.0 Å². The zero-order valence-electron chi connectivity index (χ0n) is 10.5. The zero-order chi connectivity index (χ0) is 13.8. The summed E-state index contributed by atoms with van der Waals surface area (Å²) in [6.07, 6.45) is 0. The van der Waals surface area contributed by atoms with Crippen molar-refractivity contribution in [3.63, 3.8) is 0 Å². The summed E-state index contributed by atoms with van der Waals surface area (Å²) in [7, 11) is 0. The quantitative estimate of drug-likeness (QED) is 0.925. The number of hydrogen-bond donors (Lipinski definition) is 1. The summed E-state index contributed by atoms with van der Waals surface area (Å²) in [5.41, 5.74) is 0.449. The lowest BCUT2D eigenvalue weighted by Crippen LogP contribution is -2.49. The molecule has 1 aliphatic rings. The van der Waals surface area contributed by atoms with E-state index in [1.165, 1.54) is 0 Å². The van der Waals surface area contributed by atoms with Crippen LogP contribution in [0.15, 0.2) is 18.2 Å². The fraction of sp³-hybridized carbons (Fsp3) is 0.462. The van der Waals surface area contributed by atoms with Crippen LogP contribution in [-0.2, 0) is 0 Å². The van der Waals surface area contributed by atoms with Gasteiger partial charge in [-0.2, -0.15) is 0 Å². The van der Waals surface area contributed by atoms with Gasteiger partial charge in [0, 0.05) is 37.7 Å². The molecule has 1 aliphatic heterocycles. The summed E-state index contributed by atoms with van der Waals surface area (Å²) in [6, 6.07) is 4.91. The maximum absolute atomic E-state index is 12.4. The number of benzene rings is 1. The number of carbonyl (C=O) groups is 1. The Morgan fingerprint density at radius 2 is 1.89 bits per heavy atom. The molecule has 0 unspecified atom stereocenters. The molecule has 0 spiro atoms. The highest BCUT2D eigenvalue weighted by Crippen LogP contribution is 2.22. The number of β-amino-alcohol motifs (C(OH)–C–C–N with tert-alkyl or cyclic N) is 1. The number of piperazine rings is 1. The average Bonchev–Trinajstić information content (AvgIpc) is 2.42. The lowest BCUT2D eigenvalue weighted by molar-refractivity contribution is 0.0615. The van der Waals surface area contributed by atoms with Crippen molar-refractivity contribution in [3.8, 4) is 0 Å². The molecule has 1 aromatic carbocycles. The van der Waals surface area contributed by atoms with Gasteiger partial charge in [0.25, 0.3) is 5.91 Å². The molecule has 0 radical (unpaired) electrons. The van der Waals surface area contributed by atoms with Crippen molar-refractivity contribution in [2.45, 2.75) is 0 Å². The Balaban J connectivity index is 2.03. The third kappa shape index (κ3) is 3.60. The Kier molecular flexibility index (Phi) is 5.05. The van der Waals surface area contributed by atoms with Crippen molar-refractivity contribution in [2.75, 3.05) is 39.3 Å². The molecule has 19 heavy (non-hydrogen) atoms. The van der Waals surface area contributed by atoms with Crippen molar-refractivity contribution < 1.29 is 9.90 Å². The highest BCUT2D eigenvalue weighted by Gasteiger charge is 2.23.